The number of carbonyl (C=O) groups excluding carboxylic acids is 2. The van der Waals surface area contributed by atoms with E-state index in [4.69, 9.17) is 47.5 Å². The average Bonchev–Trinajstić information content (AvgIpc) is 3.37. The van der Waals surface area contributed by atoms with Crippen LogP contribution >= 0.6 is 0 Å². The van der Waals surface area contributed by atoms with Crippen molar-refractivity contribution in [3.63, 3.8) is 0 Å². The van der Waals surface area contributed by atoms with Crippen LogP contribution in [0.2, 0.25) is 63.0 Å². The second kappa shape index (κ2) is 40.6. The summed E-state index contributed by atoms with van der Waals surface area (Å²) in [6.07, 6.45) is 2.50. The Kier molecular flexibility index (Phi) is 33.2. The van der Waals surface area contributed by atoms with Gasteiger partial charge in [-0.15, -0.1) is 0 Å². The minimum Gasteiger partial charge on any atom is -0.466 e. The Morgan fingerprint density at radius 2 is 0.887 bits per heavy atom. The number of rotatable bonds is 39. The summed E-state index contributed by atoms with van der Waals surface area (Å²) in [5.41, 5.74) is -0.501. The van der Waals surface area contributed by atoms with E-state index in [-0.39, 0.29) is 51.4 Å². The molecule has 0 radical (unpaired) electrons. The summed E-state index contributed by atoms with van der Waals surface area (Å²) in [4.78, 5) is 65.7. The van der Waals surface area contributed by atoms with Crippen LogP contribution in [-0.4, -0.2) is 205 Å². The molecule has 0 saturated carbocycles. The lowest BCUT2D eigenvalue weighted by Crippen LogP contribution is -2.33. The third-order valence-electron chi connectivity index (χ3n) is 6.66. The van der Waals surface area contributed by atoms with Crippen LogP contribution < -0.4 is 0 Å². The Bertz CT molecular complexity index is 1230. The van der Waals surface area contributed by atoms with Crippen LogP contribution in [0.3, 0.4) is 0 Å². The monoisotopic (exact) mass is 1020 g/mol. The number of ether oxygens (including phenoxy) is 9. The molecule has 0 aliphatic carbocycles. The smallest absolute Gasteiger partial charge is 0.329 e. The molecule has 0 saturated heterocycles. The highest BCUT2D eigenvalue weighted by Crippen LogP contribution is 2.16. The molecule has 0 aliphatic heterocycles. The SMILES string of the molecule is [3H]O[Si](C)(CC(C)COCOC)O[3H].[3H]O[Si](C)(CCCOC(=O)C(C)(C)C)O[3H].[3H]O[Si](C)(CCCOC(C)=O)O[3H].[3H]O[Si](C)(CCCOCOC)O[3H].[3H]O[Si](C)(CCCOCOCCOC)O[3H]. The largest absolute Gasteiger partial charge is 0.466 e. The molecule has 0 heterocycles. The molecule has 21 nitrogen and oxygen atoms in total. The molecule has 0 amide bonds. The van der Waals surface area contributed by atoms with E-state index in [0.29, 0.717) is 88.9 Å². The number of esters is 2. The summed E-state index contributed by atoms with van der Waals surface area (Å²) in [5.74, 6) is -0.395. The zero-order valence-electron chi connectivity index (χ0n) is 49.6. The van der Waals surface area contributed by atoms with E-state index >= 15 is 0 Å². The van der Waals surface area contributed by atoms with Gasteiger partial charge in [0, 0.05) is 41.5 Å². The fraction of sp³-hybridized carbons (Fsp3) is 0.944. The molecule has 0 rings (SSSR count). The molecule has 1 unspecified atom stereocenters. The van der Waals surface area contributed by atoms with Gasteiger partial charge in [-0.25, -0.2) is 0 Å². The van der Waals surface area contributed by atoms with Gasteiger partial charge in [0.1, 0.15) is 20.4 Å². The van der Waals surface area contributed by atoms with Crippen molar-refractivity contribution in [2.24, 2.45) is 11.3 Å². The van der Waals surface area contributed by atoms with Gasteiger partial charge < -0.3 is 90.6 Å². The minimum atomic E-state index is -2.67. The van der Waals surface area contributed by atoms with Crippen molar-refractivity contribution >= 4 is 54.7 Å². The maximum Gasteiger partial charge on any atom is 0.329 e. The van der Waals surface area contributed by atoms with E-state index in [9.17, 15) is 9.59 Å². The van der Waals surface area contributed by atoms with Crippen molar-refractivity contribution in [1.29, 1.82) is 14.3 Å². The van der Waals surface area contributed by atoms with Gasteiger partial charge in [0.25, 0.3) is 0 Å². The lowest BCUT2D eigenvalue weighted by atomic mass is 9.97. The first-order chi connectivity index (χ1) is 33.7. The van der Waals surface area contributed by atoms with Crippen LogP contribution in [0.15, 0.2) is 0 Å². The van der Waals surface area contributed by atoms with Gasteiger partial charge in [0.05, 0.1) is 38.4 Å². The van der Waals surface area contributed by atoms with Gasteiger partial charge in [-0.1, -0.05) is 6.92 Å². The Morgan fingerprint density at radius 3 is 1.26 bits per heavy atom. The molecule has 378 valence electrons. The minimum absolute atomic E-state index is 0.192. The van der Waals surface area contributed by atoms with E-state index in [1.165, 1.54) is 6.92 Å². The van der Waals surface area contributed by atoms with Gasteiger partial charge in [-0.05, 0) is 115 Å². The normalized spacial score (nSPS) is 14.7. The first-order valence-electron chi connectivity index (χ1n) is 24.3. The average molecular weight is 1020 g/mol. The van der Waals surface area contributed by atoms with Crippen molar-refractivity contribution < 1.29 is 100 Å². The molecule has 0 aliphatic rings. The molecule has 26 heteroatoms. The van der Waals surface area contributed by atoms with Crippen molar-refractivity contribution in [1.82, 2.24) is 0 Å². The van der Waals surface area contributed by atoms with Gasteiger partial charge in [-0.3, -0.25) is 9.59 Å². The number of carbonyl (C=O) groups is 2. The molecule has 0 aromatic heterocycles. The van der Waals surface area contributed by atoms with E-state index in [2.05, 4.69) is 57.5 Å². The van der Waals surface area contributed by atoms with Crippen LogP contribution in [-0.2, 0) is 52.2 Å². The highest BCUT2D eigenvalue weighted by Gasteiger charge is 2.26. The fourth-order valence-electron chi connectivity index (χ4n) is 3.86. The Hall–Kier alpha value is -0.656. The standard InChI is InChI=1S/C9H20O4Si.C8H20O5Si.C7H18O4Si.C6H16O4Si.C6H14O4Si/c1-9(2,3)8(10)13-6-5-7-14(4,11)12;1-11-5-6-13-8-12-4-3-7-14(2,9)10;1-7(4-11-6-10-2)5-12(3,8)9;1-9-6-10-4-3-5-11(2,7)8;1-6(7)10-4-3-5-11(2,8)9/h11-12H,5-7H2,1-4H3;9-10H,3-8H2,1-2H3;7-9H,4-6H2,1-3H3;7-8H,3-6H2,1-2H3;8-9H,3-5H2,1-2H3/i11T,12T;9T,10T;8T,9T;7T,8T;8T,9T. The Labute approximate surface area is 391 Å². The molecule has 0 fully saturated rings. The van der Waals surface area contributed by atoms with E-state index < -0.39 is 48.2 Å². The zero-order valence-corrected chi connectivity index (χ0v) is 44.6. The molecule has 0 aromatic carbocycles. The third kappa shape index (κ3) is 79.7. The second-order valence-electron chi connectivity index (χ2n) is 16.1. The van der Waals surface area contributed by atoms with Crippen LogP contribution in [0.25, 0.3) is 0 Å². The predicted molar refractivity (Wildman–Crippen MR) is 243 cm³/mol. The summed E-state index contributed by atoms with van der Waals surface area (Å²) in [7, 11) is -8.32. The highest BCUT2D eigenvalue weighted by atomic mass is 28.4. The fourth-order valence-corrected chi connectivity index (χ4v) is 8.39. The molecule has 62 heavy (non-hydrogen) atoms. The molecule has 0 spiro atoms. The van der Waals surface area contributed by atoms with Crippen molar-refractivity contribution in [2.75, 3.05) is 88.0 Å². The summed E-state index contributed by atoms with van der Waals surface area (Å²) in [6.45, 7) is 20.8. The first kappa shape index (κ1) is 50.8. The zero-order chi connectivity index (χ0) is 56.6. The van der Waals surface area contributed by atoms with Crippen molar-refractivity contribution in [3.05, 3.63) is 0 Å². The summed E-state index contributed by atoms with van der Waals surface area (Å²) < 4.78 is 112. The van der Waals surface area contributed by atoms with E-state index in [1.807, 2.05) is 6.92 Å². The molecular weight excluding hydrogens is 909 g/mol. The van der Waals surface area contributed by atoms with Gasteiger partial charge in [-0.2, -0.15) is 0 Å². The third-order valence-corrected chi connectivity index (χ3v) is 13.1. The molecule has 0 bridgehead atoms. The van der Waals surface area contributed by atoms with Crippen LogP contribution in [0.5, 0.6) is 0 Å². The van der Waals surface area contributed by atoms with Crippen LogP contribution in [0, 0.1) is 11.3 Å². The van der Waals surface area contributed by atoms with Crippen LogP contribution in [0.4, 0.5) is 0 Å². The number of methoxy groups -OCH3 is 3. The second-order valence-corrected chi connectivity index (χ2v) is 29.9. The molecular formula is C36H88O21Si5. The molecule has 0 aromatic rings. The molecule has 1 atom stereocenters. The van der Waals surface area contributed by atoms with Crippen LogP contribution in [0.1, 0.15) is 60.3 Å². The van der Waals surface area contributed by atoms with Crippen molar-refractivity contribution in [3.8, 4) is 0 Å². The van der Waals surface area contributed by atoms with Crippen molar-refractivity contribution in [2.45, 2.75) is 123 Å². The van der Waals surface area contributed by atoms with Gasteiger partial charge in [0.2, 0.25) is 0 Å². The van der Waals surface area contributed by atoms with Gasteiger partial charge >= 0.3 is 54.7 Å². The Balaban J connectivity index is -0.000000261. The molecule has 10 N–H and O–H groups in total. The summed E-state index contributed by atoms with van der Waals surface area (Å²) >= 11 is 0. The number of hydrogen-bond donors (Lipinski definition) is 10. The predicted octanol–water partition coefficient (Wildman–Crippen LogP) is 1.44. The van der Waals surface area contributed by atoms with Gasteiger partial charge in [0.15, 0.2) is 14.3 Å². The topological polar surface area (TPSA) is 320 Å². The number of hydrogen-bond acceptors (Lipinski definition) is 21. The Morgan fingerprint density at radius 1 is 0.516 bits per heavy atom. The van der Waals surface area contributed by atoms with E-state index in [0.717, 1.165) is 0 Å². The maximum atomic E-state index is 11.4. The summed E-state index contributed by atoms with van der Waals surface area (Å²) in [5, 5.41) is 0. The lowest BCUT2D eigenvalue weighted by molar-refractivity contribution is -0.153. The quantitative estimate of drug-likeness (QED) is 0.0180. The maximum absolute atomic E-state index is 11.4. The highest BCUT2D eigenvalue weighted by molar-refractivity contribution is 6.64. The first-order valence-corrected chi connectivity index (χ1v) is 32.9. The lowest BCUT2D eigenvalue weighted by Gasteiger charge is -2.17. The van der Waals surface area contributed by atoms with E-state index in [1.54, 1.807) is 74.8 Å². The summed E-state index contributed by atoms with van der Waals surface area (Å²) in [6, 6.07) is 2.61.